The van der Waals surface area contributed by atoms with Crippen LogP contribution < -0.4 is 5.43 Å². The molecule has 21 heavy (non-hydrogen) atoms. The normalized spacial score (nSPS) is 17.4. The maximum atomic E-state index is 12.6. The third-order valence-corrected chi connectivity index (χ3v) is 4.07. The van der Waals surface area contributed by atoms with Crippen LogP contribution in [-0.4, -0.2) is 33.9 Å². The van der Waals surface area contributed by atoms with E-state index in [1.165, 1.54) is 6.20 Å². The lowest BCUT2D eigenvalue weighted by Crippen LogP contribution is -2.33. The maximum Gasteiger partial charge on any atom is 0.259 e. The first-order chi connectivity index (χ1) is 9.87. The Kier molecular flexibility index (Phi) is 3.08. The molecule has 5 heteroatoms. The molecule has 0 atom stereocenters. The van der Waals surface area contributed by atoms with Crippen LogP contribution in [0.2, 0.25) is 0 Å². The van der Waals surface area contributed by atoms with Gasteiger partial charge in [0, 0.05) is 25.0 Å². The Morgan fingerprint density at radius 3 is 2.81 bits per heavy atom. The summed E-state index contributed by atoms with van der Waals surface area (Å²) < 4.78 is 0. The lowest BCUT2D eigenvalue weighted by atomic mass is 9.93. The Morgan fingerprint density at radius 2 is 2.14 bits per heavy atom. The van der Waals surface area contributed by atoms with Crippen LogP contribution in [0.1, 0.15) is 36.3 Å². The minimum absolute atomic E-state index is 0.123. The first kappa shape index (κ1) is 13.8. The van der Waals surface area contributed by atoms with Gasteiger partial charge in [0.25, 0.3) is 5.91 Å². The molecule has 1 saturated heterocycles. The SMILES string of the molecule is Cc1ccc2c(=O)c(C(=O)N3CCC(C)(C)C3)c[nH]c2n1. The molecule has 110 valence electrons. The van der Waals surface area contributed by atoms with Crippen LogP contribution in [0.15, 0.2) is 23.1 Å². The standard InChI is InChI=1S/C16H19N3O2/c1-10-4-5-11-13(20)12(8-17-14(11)18-10)15(21)19-7-6-16(2,3)9-19/h4-5,8H,6-7,9H2,1-3H3,(H,17,18,20). The van der Waals surface area contributed by atoms with Crippen molar-refractivity contribution in [2.45, 2.75) is 27.2 Å². The second-order valence-corrected chi connectivity index (χ2v) is 6.52. The minimum atomic E-state index is -0.244. The number of carbonyl (C=O) groups excluding carboxylic acids is 1. The fourth-order valence-corrected chi connectivity index (χ4v) is 2.82. The Hall–Kier alpha value is -2.17. The van der Waals surface area contributed by atoms with Crippen molar-refractivity contribution in [2.24, 2.45) is 5.41 Å². The number of carbonyl (C=O) groups is 1. The average molecular weight is 285 g/mol. The molecule has 0 bridgehead atoms. The van der Waals surface area contributed by atoms with Gasteiger partial charge < -0.3 is 9.88 Å². The first-order valence-corrected chi connectivity index (χ1v) is 7.16. The van der Waals surface area contributed by atoms with E-state index in [0.717, 1.165) is 12.1 Å². The fraction of sp³-hybridized carbons (Fsp3) is 0.438. The van der Waals surface area contributed by atoms with Gasteiger partial charge in [-0.15, -0.1) is 0 Å². The topological polar surface area (TPSA) is 66.1 Å². The molecule has 1 fully saturated rings. The molecule has 1 aliphatic rings. The highest BCUT2D eigenvalue weighted by molar-refractivity contribution is 5.96. The highest BCUT2D eigenvalue weighted by atomic mass is 16.2. The van der Waals surface area contributed by atoms with Gasteiger partial charge in [0.15, 0.2) is 0 Å². The van der Waals surface area contributed by atoms with Gasteiger partial charge in [0.2, 0.25) is 5.43 Å². The summed E-state index contributed by atoms with van der Waals surface area (Å²) in [5.74, 6) is -0.190. The van der Waals surface area contributed by atoms with E-state index in [4.69, 9.17) is 0 Å². The van der Waals surface area contributed by atoms with Crippen molar-refractivity contribution in [3.63, 3.8) is 0 Å². The molecule has 3 rings (SSSR count). The van der Waals surface area contributed by atoms with Crippen LogP contribution in [0, 0.1) is 12.3 Å². The summed E-state index contributed by atoms with van der Waals surface area (Å²) >= 11 is 0. The third kappa shape index (κ3) is 2.44. The number of H-pyrrole nitrogens is 1. The molecule has 0 unspecified atom stereocenters. The number of fused-ring (bicyclic) bond motifs is 1. The van der Waals surface area contributed by atoms with Gasteiger partial charge in [0.05, 0.1) is 5.39 Å². The van der Waals surface area contributed by atoms with Crippen molar-refractivity contribution in [1.82, 2.24) is 14.9 Å². The van der Waals surface area contributed by atoms with Gasteiger partial charge in [-0.3, -0.25) is 9.59 Å². The second kappa shape index (κ2) is 4.69. The van der Waals surface area contributed by atoms with E-state index in [1.807, 2.05) is 6.92 Å². The van der Waals surface area contributed by atoms with Crippen molar-refractivity contribution in [3.05, 3.63) is 39.8 Å². The molecule has 0 saturated carbocycles. The largest absolute Gasteiger partial charge is 0.345 e. The Balaban J connectivity index is 2.02. The van der Waals surface area contributed by atoms with Crippen LogP contribution in [-0.2, 0) is 0 Å². The summed E-state index contributed by atoms with van der Waals surface area (Å²) in [6.45, 7) is 7.53. The van der Waals surface area contributed by atoms with Gasteiger partial charge in [0.1, 0.15) is 11.2 Å². The molecule has 1 amide bonds. The van der Waals surface area contributed by atoms with E-state index in [0.29, 0.717) is 24.1 Å². The van der Waals surface area contributed by atoms with Crippen molar-refractivity contribution in [3.8, 4) is 0 Å². The van der Waals surface area contributed by atoms with Gasteiger partial charge in [-0.25, -0.2) is 4.98 Å². The molecule has 5 nitrogen and oxygen atoms in total. The van der Waals surface area contributed by atoms with E-state index >= 15 is 0 Å². The molecule has 0 radical (unpaired) electrons. The lowest BCUT2D eigenvalue weighted by molar-refractivity contribution is 0.0777. The number of rotatable bonds is 1. The predicted molar refractivity (Wildman–Crippen MR) is 81.4 cm³/mol. The molecule has 1 aliphatic heterocycles. The lowest BCUT2D eigenvalue weighted by Gasteiger charge is -2.19. The summed E-state index contributed by atoms with van der Waals surface area (Å²) in [6, 6.07) is 3.51. The number of pyridine rings is 2. The number of aromatic nitrogens is 2. The molecule has 2 aromatic heterocycles. The monoisotopic (exact) mass is 285 g/mol. The zero-order valence-electron chi connectivity index (χ0n) is 12.6. The molecule has 3 heterocycles. The van der Waals surface area contributed by atoms with Gasteiger partial charge in [-0.1, -0.05) is 13.8 Å². The number of hydrogen-bond acceptors (Lipinski definition) is 3. The van der Waals surface area contributed by atoms with E-state index in [-0.39, 0.29) is 22.3 Å². The van der Waals surface area contributed by atoms with Gasteiger partial charge in [-0.05, 0) is 30.9 Å². The van der Waals surface area contributed by atoms with Crippen molar-refractivity contribution >= 4 is 16.9 Å². The van der Waals surface area contributed by atoms with E-state index in [9.17, 15) is 9.59 Å². The number of aromatic amines is 1. The highest BCUT2D eigenvalue weighted by Crippen LogP contribution is 2.29. The number of likely N-dealkylation sites (tertiary alicyclic amines) is 1. The third-order valence-electron chi connectivity index (χ3n) is 4.07. The number of aryl methyl sites for hydroxylation is 1. The Labute approximate surface area is 123 Å². The molecular weight excluding hydrogens is 266 g/mol. The van der Waals surface area contributed by atoms with Crippen molar-refractivity contribution in [2.75, 3.05) is 13.1 Å². The number of amides is 1. The van der Waals surface area contributed by atoms with Crippen LogP contribution in [0.5, 0.6) is 0 Å². The summed E-state index contributed by atoms with van der Waals surface area (Å²) in [4.78, 5) is 34.1. The number of nitrogens with one attached hydrogen (secondary N) is 1. The van der Waals surface area contributed by atoms with Crippen molar-refractivity contribution in [1.29, 1.82) is 0 Å². The number of hydrogen-bond donors (Lipinski definition) is 1. The molecular formula is C16H19N3O2. The van der Waals surface area contributed by atoms with Crippen LogP contribution in [0.25, 0.3) is 11.0 Å². The highest BCUT2D eigenvalue weighted by Gasteiger charge is 2.33. The molecule has 2 aromatic rings. The average Bonchev–Trinajstić information content (AvgIpc) is 2.78. The van der Waals surface area contributed by atoms with E-state index in [2.05, 4.69) is 23.8 Å². The Morgan fingerprint density at radius 1 is 1.38 bits per heavy atom. The molecule has 1 N–H and O–H groups in total. The molecule has 0 aliphatic carbocycles. The van der Waals surface area contributed by atoms with E-state index in [1.54, 1.807) is 17.0 Å². The van der Waals surface area contributed by atoms with E-state index < -0.39 is 0 Å². The molecule has 0 aromatic carbocycles. The summed E-state index contributed by atoms with van der Waals surface area (Å²) in [5, 5.41) is 0.463. The van der Waals surface area contributed by atoms with Gasteiger partial charge >= 0.3 is 0 Å². The van der Waals surface area contributed by atoms with Crippen LogP contribution in [0.4, 0.5) is 0 Å². The number of nitrogens with zero attached hydrogens (tertiary/aromatic N) is 2. The van der Waals surface area contributed by atoms with Crippen molar-refractivity contribution < 1.29 is 4.79 Å². The molecule has 0 spiro atoms. The second-order valence-electron chi connectivity index (χ2n) is 6.52. The maximum absolute atomic E-state index is 12.6. The zero-order valence-corrected chi connectivity index (χ0v) is 12.6. The Bertz CT molecular complexity index is 777. The smallest absolute Gasteiger partial charge is 0.259 e. The predicted octanol–water partition coefficient (Wildman–Crippen LogP) is 2.10. The fourth-order valence-electron chi connectivity index (χ4n) is 2.82. The first-order valence-electron chi connectivity index (χ1n) is 7.16. The minimum Gasteiger partial charge on any atom is -0.345 e. The summed E-state index contributed by atoms with van der Waals surface area (Å²) in [7, 11) is 0. The van der Waals surface area contributed by atoms with Crippen LogP contribution >= 0.6 is 0 Å². The van der Waals surface area contributed by atoms with Crippen LogP contribution in [0.3, 0.4) is 0 Å². The summed E-state index contributed by atoms with van der Waals surface area (Å²) in [5.41, 5.74) is 1.44. The van der Waals surface area contributed by atoms with Gasteiger partial charge in [-0.2, -0.15) is 0 Å². The zero-order chi connectivity index (χ0) is 15.2. The quantitative estimate of drug-likeness (QED) is 0.872. The summed E-state index contributed by atoms with van der Waals surface area (Å²) in [6.07, 6.45) is 2.45.